The van der Waals surface area contributed by atoms with Crippen LogP contribution in [-0.4, -0.2) is 5.78 Å². The summed E-state index contributed by atoms with van der Waals surface area (Å²) in [5, 5.41) is 9.00. The number of hydrogen-bond donors (Lipinski definition) is 0. The van der Waals surface area contributed by atoms with Crippen molar-refractivity contribution in [3.05, 3.63) is 35.1 Å². The fraction of sp³-hybridized carbons (Fsp3) is 0.429. The Bertz CT molecular complexity index is 513. The second-order valence-electron chi connectivity index (χ2n) is 5.23. The molecule has 2 nitrogen and oxygen atoms in total. The summed E-state index contributed by atoms with van der Waals surface area (Å²) in [6, 6.07) is 6.49. The van der Waals surface area contributed by atoms with Crippen molar-refractivity contribution in [2.75, 3.05) is 0 Å². The van der Waals surface area contributed by atoms with Crippen LogP contribution in [0.4, 0.5) is 4.39 Å². The van der Waals surface area contributed by atoms with Crippen LogP contribution in [0.5, 0.6) is 0 Å². The Morgan fingerprint density at radius 3 is 2.71 bits per heavy atom. The van der Waals surface area contributed by atoms with Crippen LogP contribution >= 0.6 is 0 Å². The van der Waals surface area contributed by atoms with Crippen molar-refractivity contribution in [3.63, 3.8) is 0 Å². The Labute approximate surface area is 100 Å². The first-order valence-corrected chi connectivity index (χ1v) is 5.67. The average molecular weight is 231 g/mol. The first-order chi connectivity index (χ1) is 7.95. The summed E-state index contributed by atoms with van der Waals surface area (Å²) >= 11 is 0. The van der Waals surface area contributed by atoms with Gasteiger partial charge in [-0.2, -0.15) is 5.26 Å². The number of nitrogens with zero attached hydrogens (tertiary/aromatic N) is 1. The smallest absolute Gasteiger partial charge is 0.139 e. The van der Waals surface area contributed by atoms with Crippen LogP contribution in [0.3, 0.4) is 0 Å². The third-order valence-electron chi connectivity index (χ3n) is 3.52. The summed E-state index contributed by atoms with van der Waals surface area (Å²) in [6.45, 7) is 3.75. The van der Waals surface area contributed by atoms with Crippen molar-refractivity contribution in [2.24, 2.45) is 5.41 Å². The van der Waals surface area contributed by atoms with Crippen molar-refractivity contribution in [1.82, 2.24) is 0 Å². The quantitative estimate of drug-likeness (QED) is 0.744. The molecule has 1 aromatic carbocycles. The molecule has 0 heterocycles. The van der Waals surface area contributed by atoms with Crippen LogP contribution in [0, 0.1) is 22.6 Å². The monoisotopic (exact) mass is 231 g/mol. The molecule has 0 bridgehead atoms. The normalized spacial score (nSPS) is 22.5. The molecule has 0 aromatic heterocycles. The van der Waals surface area contributed by atoms with E-state index in [4.69, 9.17) is 5.26 Å². The van der Waals surface area contributed by atoms with Crippen LogP contribution in [0.2, 0.25) is 0 Å². The van der Waals surface area contributed by atoms with Crippen molar-refractivity contribution >= 4 is 5.78 Å². The lowest BCUT2D eigenvalue weighted by atomic mass is 9.86. The van der Waals surface area contributed by atoms with Crippen molar-refractivity contribution in [3.8, 4) is 6.07 Å². The fourth-order valence-electron chi connectivity index (χ4n) is 2.56. The lowest BCUT2D eigenvalue weighted by Gasteiger charge is -2.16. The maximum absolute atomic E-state index is 13.8. The highest BCUT2D eigenvalue weighted by Gasteiger charge is 2.41. The summed E-state index contributed by atoms with van der Waals surface area (Å²) in [6.07, 6.45) is 0.948. The van der Waals surface area contributed by atoms with Gasteiger partial charge in [-0.05, 0) is 24.5 Å². The summed E-state index contributed by atoms with van der Waals surface area (Å²) < 4.78 is 13.8. The predicted octanol–water partition coefficient (Wildman–Crippen LogP) is 3.17. The lowest BCUT2D eigenvalue weighted by molar-refractivity contribution is -0.124. The highest BCUT2D eigenvalue weighted by atomic mass is 19.1. The molecule has 2 rings (SSSR count). The number of ketones is 1. The highest BCUT2D eigenvalue weighted by molar-refractivity contribution is 5.87. The van der Waals surface area contributed by atoms with Gasteiger partial charge in [0.2, 0.25) is 0 Å². The zero-order valence-electron chi connectivity index (χ0n) is 9.96. The zero-order chi connectivity index (χ0) is 12.6. The molecule has 1 aliphatic rings. The van der Waals surface area contributed by atoms with Gasteiger partial charge >= 0.3 is 0 Å². The molecule has 0 radical (unpaired) electrons. The van der Waals surface area contributed by atoms with E-state index in [0.29, 0.717) is 24.0 Å². The molecule has 1 atom stereocenters. The molecule has 3 heteroatoms. The Morgan fingerprint density at radius 2 is 2.18 bits per heavy atom. The molecule has 0 aliphatic heterocycles. The predicted molar refractivity (Wildman–Crippen MR) is 61.9 cm³/mol. The molecule has 0 spiro atoms. The number of Topliss-reactive ketones (excluding diaryl/α,β-unsaturated/α-hetero) is 1. The minimum atomic E-state index is -0.403. The molecular weight excluding hydrogens is 217 g/mol. The van der Waals surface area contributed by atoms with E-state index < -0.39 is 5.41 Å². The van der Waals surface area contributed by atoms with Gasteiger partial charge in [0.25, 0.3) is 0 Å². The van der Waals surface area contributed by atoms with E-state index in [1.807, 2.05) is 19.9 Å². The van der Waals surface area contributed by atoms with Gasteiger partial charge in [0.15, 0.2) is 0 Å². The molecule has 17 heavy (non-hydrogen) atoms. The van der Waals surface area contributed by atoms with E-state index in [2.05, 4.69) is 0 Å². The van der Waals surface area contributed by atoms with Crippen molar-refractivity contribution < 1.29 is 9.18 Å². The summed E-state index contributed by atoms with van der Waals surface area (Å²) in [4.78, 5) is 11.8. The Kier molecular flexibility index (Phi) is 2.74. The first kappa shape index (κ1) is 11.8. The standard InChI is InChI=1S/C14H14FNO/c1-14(2)7-10(6-12(14)17)13-9(8-16)4-3-5-11(13)15/h3-5,10H,6-7H2,1-2H3. The average Bonchev–Trinajstić information content (AvgIpc) is 2.52. The summed E-state index contributed by atoms with van der Waals surface area (Å²) in [5.74, 6) is -0.387. The first-order valence-electron chi connectivity index (χ1n) is 5.67. The van der Waals surface area contributed by atoms with Gasteiger partial charge in [0, 0.05) is 17.4 Å². The van der Waals surface area contributed by atoms with Gasteiger partial charge in [-0.3, -0.25) is 4.79 Å². The highest BCUT2D eigenvalue weighted by Crippen LogP contribution is 2.44. The molecule has 1 aliphatic carbocycles. The minimum Gasteiger partial charge on any atom is -0.299 e. The Balaban J connectivity index is 2.44. The largest absolute Gasteiger partial charge is 0.299 e. The molecule has 0 N–H and O–H groups in total. The van der Waals surface area contributed by atoms with Crippen molar-refractivity contribution in [2.45, 2.75) is 32.6 Å². The Morgan fingerprint density at radius 1 is 1.47 bits per heavy atom. The van der Waals surface area contributed by atoms with Crippen molar-refractivity contribution in [1.29, 1.82) is 5.26 Å². The SMILES string of the molecule is CC1(C)CC(c2c(F)cccc2C#N)CC1=O. The molecule has 1 aromatic rings. The van der Waals surface area contributed by atoms with E-state index in [1.165, 1.54) is 12.1 Å². The van der Waals surface area contributed by atoms with E-state index in [0.717, 1.165) is 0 Å². The molecule has 0 amide bonds. The molecule has 88 valence electrons. The van der Waals surface area contributed by atoms with Crippen LogP contribution in [0.25, 0.3) is 0 Å². The van der Waals surface area contributed by atoms with Gasteiger partial charge in [0.1, 0.15) is 11.6 Å². The van der Waals surface area contributed by atoms with Gasteiger partial charge in [-0.1, -0.05) is 19.9 Å². The molecule has 1 unspecified atom stereocenters. The summed E-state index contributed by atoms with van der Waals surface area (Å²) in [5.41, 5.74) is 0.356. The number of hydrogen-bond acceptors (Lipinski definition) is 2. The summed E-state index contributed by atoms with van der Waals surface area (Å²) in [7, 11) is 0. The number of carbonyl (C=O) groups excluding carboxylic acids is 1. The van der Waals surface area contributed by atoms with E-state index >= 15 is 0 Å². The molecule has 0 saturated heterocycles. The van der Waals surface area contributed by atoms with Crippen LogP contribution in [-0.2, 0) is 4.79 Å². The van der Waals surface area contributed by atoms with E-state index in [-0.39, 0.29) is 17.5 Å². The fourth-order valence-corrected chi connectivity index (χ4v) is 2.56. The zero-order valence-corrected chi connectivity index (χ0v) is 9.96. The van der Waals surface area contributed by atoms with Gasteiger partial charge in [-0.15, -0.1) is 0 Å². The third-order valence-corrected chi connectivity index (χ3v) is 3.52. The van der Waals surface area contributed by atoms with E-state index in [9.17, 15) is 9.18 Å². The molecular formula is C14H14FNO. The second kappa shape index (κ2) is 3.96. The topological polar surface area (TPSA) is 40.9 Å². The maximum atomic E-state index is 13.8. The van der Waals surface area contributed by atoms with Gasteiger partial charge in [-0.25, -0.2) is 4.39 Å². The lowest BCUT2D eigenvalue weighted by Crippen LogP contribution is -2.15. The number of nitriles is 1. The Hall–Kier alpha value is -1.69. The second-order valence-corrected chi connectivity index (χ2v) is 5.23. The number of rotatable bonds is 1. The van der Waals surface area contributed by atoms with Crippen LogP contribution < -0.4 is 0 Å². The number of benzene rings is 1. The molecule has 1 saturated carbocycles. The van der Waals surface area contributed by atoms with Crippen LogP contribution in [0.15, 0.2) is 18.2 Å². The minimum absolute atomic E-state index is 0.148. The van der Waals surface area contributed by atoms with Crippen LogP contribution in [0.1, 0.15) is 43.7 Å². The maximum Gasteiger partial charge on any atom is 0.139 e. The van der Waals surface area contributed by atoms with Gasteiger partial charge in [0.05, 0.1) is 11.6 Å². The van der Waals surface area contributed by atoms with Gasteiger partial charge < -0.3 is 0 Å². The number of carbonyl (C=O) groups is 1. The third kappa shape index (κ3) is 1.95. The molecule has 1 fully saturated rings. The van der Waals surface area contributed by atoms with E-state index in [1.54, 1.807) is 6.07 Å². The number of halogens is 1.